The molecule has 1 aliphatic heterocycles. The van der Waals surface area contributed by atoms with Crippen LogP contribution < -0.4 is 10.1 Å². The fraction of sp³-hybridized carbons (Fsp3) is 0.231. The van der Waals surface area contributed by atoms with Gasteiger partial charge in [0.25, 0.3) is 11.8 Å². The number of rotatable bonds is 6. The number of furan rings is 1. The van der Waals surface area contributed by atoms with Crippen LogP contribution in [-0.2, 0) is 0 Å². The van der Waals surface area contributed by atoms with Crippen LogP contribution in [0.15, 0.2) is 69.8 Å². The zero-order chi connectivity index (χ0) is 25.1. The van der Waals surface area contributed by atoms with Gasteiger partial charge in [-0.15, -0.1) is 0 Å². The molecule has 1 fully saturated rings. The first-order valence-corrected chi connectivity index (χ1v) is 11.8. The summed E-state index contributed by atoms with van der Waals surface area (Å²) in [7, 11) is 1.49. The summed E-state index contributed by atoms with van der Waals surface area (Å²) >= 11 is 6.02. The Labute approximate surface area is 212 Å². The van der Waals surface area contributed by atoms with E-state index in [2.05, 4.69) is 15.5 Å². The van der Waals surface area contributed by atoms with E-state index in [1.165, 1.54) is 19.4 Å². The number of amides is 2. The molecule has 0 unspecified atom stereocenters. The molecule has 0 bridgehead atoms. The van der Waals surface area contributed by atoms with Crippen molar-refractivity contribution >= 4 is 29.1 Å². The zero-order valence-electron chi connectivity index (χ0n) is 19.4. The second kappa shape index (κ2) is 10.2. The number of aromatic nitrogens is 2. The zero-order valence-corrected chi connectivity index (χ0v) is 20.2. The van der Waals surface area contributed by atoms with Crippen molar-refractivity contribution in [2.24, 2.45) is 0 Å². The van der Waals surface area contributed by atoms with Gasteiger partial charge in [-0.25, -0.2) is 4.98 Å². The average molecular weight is 507 g/mol. The third kappa shape index (κ3) is 5.11. The standard InChI is InChI=1S/C26H23ClN4O5/c1-34-24-14-18(13-23(27)29-24)26(33)31-10-8-17(9-11-31)16-4-6-19(7-5-16)28-25(32)22-15-20(30-36-22)21-3-2-12-35-21/h2-7,12-15,17H,8-11H2,1H3,(H,28,32). The largest absolute Gasteiger partial charge is 0.481 e. The monoisotopic (exact) mass is 506 g/mol. The van der Waals surface area contributed by atoms with Crippen LogP contribution in [0.2, 0.25) is 5.15 Å². The van der Waals surface area contributed by atoms with Crippen LogP contribution in [0.3, 0.4) is 0 Å². The summed E-state index contributed by atoms with van der Waals surface area (Å²) in [6.45, 7) is 1.27. The van der Waals surface area contributed by atoms with E-state index in [4.69, 9.17) is 25.3 Å². The van der Waals surface area contributed by atoms with Crippen molar-refractivity contribution in [3.63, 3.8) is 0 Å². The van der Waals surface area contributed by atoms with E-state index < -0.39 is 5.91 Å². The Balaban J connectivity index is 1.17. The van der Waals surface area contributed by atoms with Gasteiger partial charge in [-0.05, 0) is 54.7 Å². The van der Waals surface area contributed by atoms with Crippen LogP contribution in [-0.4, -0.2) is 47.1 Å². The fourth-order valence-corrected chi connectivity index (χ4v) is 4.45. The molecule has 0 saturated carbocycles. The summed E-state index contributed by atoms with van der Waals surface area (Å²) in [6, 6.07) is 15.9. The van der Waals surface area contributed by atoms with Crippen LogP contribution >= 0.6 is 11.6 Å². The number of nitrogens with zero attached hydrogens (tertiary/aromatic N) is 3. The highest BCUT2D eigenvalue weighted by Crippen LogP contribution is 2.30. The van der Waals surface area contributed by atoms with Crippen molar-refractivity contribution < 1.29 is 23.3 Å². The lowest BCUT2D eigenvalue weighted by molar-refractivity contribution is 0.0712. The number of pyridine rings is 1. The lowest BCUT2D eigenvalue weighted by Crippen LogP contribution is -2.38. The highest BCUT2D eigenvalue weighted by molar-refractivity contribution is 6.29. The van der Waals surface area contributed by atoms with Crippen molar-refractivity contribution in [2.45, 2.75) is 18.8 Å². The van der Waals surface area contributed by atoms with Gasteiger partial charge < -0.3 is 23.9 Å². The molecule has 3 aromatic heterocycles. The lowest BCUT2D eigenvalue weighted by Gasteiger charge is -2.32. The van der Waals surface area contributed by atoms with Gasteiger partial charge in [-0.2, -0.15) is 0 Å². The normalized spacial score (nSPS) is 14.0. The van der Waals surface area contributed by atoms with Crippen LogP contribution in [0.4, 0.5) is 5.69 Å². The molecule has 4 heterocycles. The number of nitrogens with one attached hydrogen (secondary N) is 1. The van der Waals surface area contributed by atoms with Gasteiger partial charge in [0.05, 0.1) is 13.4 Å². The van der Waals surface area contributed by atoms with Gasteiger partial charge in [-0.1, -0.05) is 28.9 Å². The maximum absolute atomic E-state index is 12.9. The van der Waals surface area contributed by atoms with E-state index in [-0.39, 0.29) is 16.8 Å². The third-order valence-electron chi connectivity index (χ3n) is 6.16. The minimum absolute atomic E-state index is 0.0864. The van der Waals surface area contributed by atoms with Gasteiger partial charge in [0.1, 0.15) is 10.8 Å². The predicted octanol–water partition coefficient (Wildman–Crippen LogP) is 5.26. The number of ether oxygens (including phenoxy) is 1. The number of hydrogen-bond donors (Lipinski definition) is 1. The van der Waals surface area contributed by atoms with Gasteiger partial charge in [0.15, 0.2) is 5.76 Å². The Bertz CT molecular complexity index is 1360. The number of piperidine rings is 1. The minimum atomic E-state index is -0.396. The third-order valence-corrected chi connectivity index (χ3v) is 6.35. The van der Waals surface area contributed by atoms with E-state index >= 15 is 0 Å². The molecular weight excluding hydrogens is 484 g/mol. The minimum Gasteiger partial charge on any atom is -0.481 e. The Kier molecular flexibility index (Phi) is 6.73. The molecule has 1 saturated heterocycles. The number of hydrogen-bond acceptors (Lipinski definition) is 7. The van der Waals surface area contributed by atoms with Gasteiger partial charge in [0.2, 0.25) is 11.6 Å². The molecule has 1 aromatic carbocycles. The maximum atomic E-state index is 12.9. The van der Waals surface area contributed by atoms with Crippen LogP contribution in [0.25, 0.3) is 11.5 Å². The average Bonchev–Trinajstić information content (AvgIpc) is 3.61. The van der Waals surface area contributed by atoms with Gasteiger partial charge >= 0.3 is 0 Å². The van der Waals surface area contributed by atoms with E-state index in [9.17, 15) is 9.59 Å². The Morgan fingerprint density at radius 2 is 1.89 bits per heavy atom. The quantitative estimate of drug-likeness (QED) is 0.355. The number of carbonyl (C=O) groups is 2. The van der Waals surface area contributed by atoms with Crippen LogP contribution in [0, 0.1) is 0 Å². The summed E-state index contributed by atoms with van der Waals surface area (Å²) in [5.74, 6) is 0.771. The molecule has 0 atom stereocenters. The molecule has 10 heteroatoms. The number of methoxy groups -OCH3 is 1. The smallest absolute Gasteiger partial charge is 0.294 e. The van der Waals surface area contributed by atoms with Gasteiger partial charge in [-0.3, -0.25) is 9.59 Å². The number of carbonyl (C=O) groups excluding carboxylic acids is 2. The lowest BCUT2D eigenvalue weighted by atomic mass is 9.89. The molecule has 184 valence electrons. The molecule has 5 rings (SSSR count). The van der Waals surface area contributed by atoms with Crippen molar-refractivity contribution in [3.8, 4) is 17.3 Å². The fourth-order valence-electron chi connectivity index (χ4n) is 4.25. The molecule has 4 aromatic rings. The molecule has 0 aliphatic carbocycles. The molecule has 0 radical (unpaired) electrons. The molecule has 0 spiro atoms. The van der Waals surface area contributed by atoms with Crippen molar-refractivity contribution in [1.82, 2.24) is 15.0 Å². The number of likely N-dealkylation sites (tertiary alicyclic amines) is 1. The van der Waals surface area contributed by atoms with Crippen molar-refractivity contribution in [3.05, 3.63) is 82.9 Å². The first-order valence-electron chi connectivity index (χ1n) is 11.4. The highest BCUT2D eigenvalue weighted by atomic mass is 35.5. The molecule has 2 amide bonds. The molecule has 1 aliphatic rings. The first-order chi connectivity index (χ1) is 17.5. The van der Waals surface area contributed by atoms with Gasteiger partial charge in [0, 0.05) is 36.5 Å². The Morgan fingerprint density at radius 1 is 1.11 bits per heavy atom. The van der Waals surface area contributed by atoms with E-state index in [1.807, 2.05) is 29.2 Å². The van der Waals surface area contributed by atoms with Crippen molar-refractivity contribution in [1.29, 1.82) is 0 Å². The van der Waals surface area contributed by atoms with Crippen molar-refractivity contribution in [2.75, 3.05) is 25.5 Å². The predicted molar refractivity (Wildman–Crippen MR) is 132 cm³/mol. The van der Waals surface area contributed by atoms with E-state index in [0.29, 0.717) is 47.6 Å². The second-order valence-corrected chi connectivity index (χ2v) is 8.80. The number of benzene rings is 1. The summed E-state index contributed by atoms with van der Waals surface area (Å²) in [4.78, 5) is 31.3. The maximum Gasteiger partial charge on any atom is 0.294 e. The SMILES string of the molecule is COc1cc(C(=O)N2CCC(c3ccc(NC(=O)c4cc(-c5ccco5)no4)cc3)CC2)cc(Cl)n1. The van der Waals surface area contributed by atoms with Crippen LogP contribution in [0.1, 0.15) is 45.2 Å². The number of halogens is 1. The molecular formula is C26H23ClN4O5. The Morgan fingerprint density at radius 3 is 2.58 bits per heavy atom. The summed E-state index contributed by atoms with van der Waals surface area (Å²) in [5.41, 5.74) is 2.73. The highest BCUT2D eigenvalue weighted by Gasteiger charge is 2.25. The topological polar surface area (TPSA) is 111 Å². The molecule has 1 N–H and O–H groups in total. The van der Waals surface area contributed by atoms with Crippen LogP contribution in [0.5, 0.6) is 5.88 Å². The molecule has 36 heavy (non-hydrogen) atoms. The number of anilines is 1. The van der Waals surface area contributed by atoms with E-state index in [1.54, 1.807) is 24.3 Å². The summed E-state index contributed by atoms with van der Waals surface area (Å²) in [5, 5.41) is 6.92. The molecule has 9 nitrogen and oxygen atoms in total. The Hall–Kier alpha value is -4.11. The first kappa shape index (κ1) is 23.6. The van der Waals surface area contributed by atoms with E-state index in [0.717, 1.165) is 18.4 Å². The summed E-state index contributed by atoms with van der Waals surface area (Å²) < 4.78 is 15.5. The summed E-state index contributed by atoms with van der Waals surface area (Å²) in [6.07, 6.45) is 3.20. The second-order valence-electron chi connectivity index (χ2n) is 8.42.